The molecular formula is C13H11FN2O2. The second-order valence-electron chi connectivity index (χ2n) is 3.72. The first-order valence-electron chi connectivity index (χ1n) is 5.29. The Morgan fingerprint density at radius 3 is 2.78 bits per heavy atom. The summed E-state index contributed by atoms with van der Waals surface area (Å²) in [6, 6.07) is 6.04. The molecule has 0 amide bonds. The normalized spacial score (nSPS) is 10.2. The van der Waals surface area contributed by atoms with Gasteiger partial charge in [0.25, 0.3) is 0 Å². The lowest BCUT2D eigenvalue weighted by Crippen LogP contribution is -2.07. The van der Waals surface area contributed by atoms with Crippen molar-refractivity contribution < 1.29 is 13.9 Å². The van der Waals surface area contributed by atoms with E-state index < -0.39 is 5.97 Å². The number of benzene rings is 1. The summed E-state index contributed by atoms with van der Waals surface area (Å²) in [5.41, 5.74) is 2.05. The molecule has 0 aliphatic carbocycles. The molecule has 0 bridgehead atoms. The number of rotatable bonds is 2. The van der Waals surface area contributed by atoms with E-state index in [1.807, 2.05) is 0 Å². The van der Waals surface area contributed by atoms with E-state index >= 15 is 0 Å². The lowest BCUT2D eigenvalue weighted by atomic mass is 10.1. The van der Waals surface area contributed by atoms with Crippen LogP contribution >= 0.6 is 0 Å². The van der Waals surface area contributed by atoms with Gasteiger partial charge in [-0.2, -0.15) is 0 Å². The number of methoxy groups -OCH3 is 1. The summed E-state index contributed by atoms with van der Waals surface area (Å²) in [7, 11) is 1.27. The van der Waals surface area contributed by atoms with Crippen molar-refractivity contribution in [2.24, 2.45) is 0 Å². The van der Waals surface area contributed by atoms with Gasteiger partial charge in [-0.25, -0.2) is 19.2 Å². The average molecular weight is 246 g/mol. The molecule has 1 aromatic carbocycles. The van der Waals surface area contributed by atoms with Crippen molar-refractivity contribution in [1.29, 1.82) is 0 Å². The van der Waals surface area contributed by atoms with E-state index in [1.165, 1.54) is 25.4 Å². The second kappa shape index (κ2) is 4.91. The van der Waals surface area contributed by atoms with Gasteiger partial charge < -0.3 is 4.74 Å². The van der Waals surface area contributed by atoms with Crippen LogP contribution in [-0.2, 0) is 4.74 Å². The molecule has 92 valence electrons. The van der Waals surface area contributed by atoms with Crippen LogP contribution in [0.2, 0.25) is 0 Å². The predicted molar refractivity (Wildman–Crippen MR) is 63.5 cm³/mol. The number of ether oxygens (including phenoxy) is 1. The van der Waals surface area contributed by atoms with Crippen molar-refractivity contribution in [1.82, 2.24) is 9.97 Å². The van der Waals surface area contributed by atoms with Crippen LogP contribution in [0.1, 0.15) is 16.2 Å². The number of halogens is 1. The molecule has 0 fully saturated rings. The van der Waals surface area contributed by atoms with Crippen LogP contribution in [0.25, 0.3) is 11.3 Å². The van der Waals surface area contributed by atoms with Crippen LogP contribution in [0, 0.1) is 12.7 Å². The maximum Gasteiger partial charge on any atom is 0.376 e. The summed E-state index contributed by atoms with van der Waals surface area (Å²) in [5, 5.41) is 0. The zero-order valence-corrected chi connectivity index (χ0v) is 9.98. The third-order valence-corrected chi connectivity index (χ3v) is 2.49. The van der Waals surface area contributed by atoms with Crippen LogP contribution < -0.4 is 0 Å². The molecule has 1 aromatic heterocycles. The van der Waals surface area contributed by atoms with Crippen LogP contribution in [-0.4, -0.2) is 23.0 Å². The highest BCUT2D eigenvalue weighted by atomic mass is 19.1. The van der Waals surface area contributed by atoms with E-state index in [9.17, 15) is 9.18 Å². The second-order valence-corrected chi connectivity index (χ2v) is 3.72. The molecule has 18 heavy (non-hydrogen) atoms. The topological polar surface area (TPSA) is 52.1 Å². The van der Waals surface area contributed by atoms with Gasteiger partial charge in [0.1, 0.15) is 5.82 Å². The average Bonchev–Trinajstić information content (AvgIpc) is 2.38. The Bertz CT molecular complexity index is 599. The van der Waals surface area contributed by atoms with Crippen molar-refractivity contribution >= 4 is 5.97 Å². The Labute approximate surface area is 103 Å². The standard InChI is InChI=1S/C13H11FN2O2/c1-8-7-9(14)3-4-10(8)11-5-6-15-12(16-11)13(17)18-2/h3-7H,1-2H3. The van der Waals surface area contributed by atoms with Crippen molar-refractivity contribution in [3.8, 4) is 11.3 Å². The molecule has 0 saturated carbocycles. The number of hydrogen-bond acceptors (Lipinski definition) is 4. The Morgan fingerprint density at radius 1 is 1.33 bits per heavy atom. The summed E-state index contributed by atoms with van der Waals surface area (Å²) in [4.78, 5) is 19.2. The Hall–Kier alpha value is -2.30. The first kappa shape index (κ1) is 12.2. The Balaban J connectivity index is 2.48. The van der Waals surface area contributed by atoms with Gasteiger partial charge in [-0.15, -0.1) is 0 Å². The van der Waals surface area contributed by atoms with Crippen molar-refractivity contribution in [3.63, 3.8) is 0 Å². The zero-order valence-electron chi connectivity index (χ0n) is 9.98. The summed E-state index contributed by atoms with van der Waals surface area (Å²) in [6.45, 7) is 1.78. The van der Waals surface area contributed by atoms with Gasteiger partial charge in [0, 0.05) is 11.8 Å². The molecule has 2 rings (SSSR count). The van der Waals surface area contributed by atoms with E-state index in [0.717, 1.165) is 11.1 Å². The van der Waals surface area contributed by atoms with Crippen LogP contribution in [0.15, 0.2) is 30.5 Å². The predicted octanol–water partition coefficient (Wildman–Crippen LogP) is 2.38. The highest BCUT2D eigenvalue weighted by molar-refractivity contribution is 5.85. The van der Waals surface area contributed by atoms with E-state index in [2.05, 4.69) is 14.7 Å². The Kier molecular flexibility index (Phi) is 3.32. The largest absolute Gasteiger partial charge is 0.463 e. The van der Waals surface area contributed by atoms with Crippen molar-refractivity contribution in [2.45, 2.75) is 6.92 Å². The first-order chi connectivity index (χ1) is 8.61. The van der Waals surface area contributed by atoms with E-state index in [-0.39, 0.29) is 11.6 Å². The van der Waals surface area contributed by atoms with Gasteiger partial charge in [-0.3, -0.25) is 0 Å². The minimum Gasteiger partial charge on any atom is -0.463 e. The van der Waals surface area contributed by atoms with Crippen LogP contribution in [0.4, 0.5) is 4.39 Å². The molecule has 5 heteroatoms. The summed E-state index contributed by atoms with van der Waals surface area (Å²) in [5.74, 6) is -0.922. The van der Waals surface area contributed by atoms with E-state index in [4.69, 9.17) is 0 Å². The number of hydrogen-bond donors (Lipinski definition) is 0. The number of esters is 1. The third-order valence-electron chi connectivity index (χ3n) is 2.49. The smallest absolute Gasteiger partial charge is 0.376 e. The number of carbonyl (C=O) groups excluding carboxylic acids is 1. The minimum atomic E-state index is -0.600. The molecule has 0 aliphatic rings. The molecule has 0 spiro atoms. The third kappa shape index (κ3) is 2.34. The van der Waals surface area contributed by atoms with Gasteiger partial charge in [0.05, 0.1) is 12.8 Å². The first-order valence-corrected chi connectivity index (χ1v) is 5.29. The summed E-state index contributed by atoms with van der Waals surface area (Å²) >= 11 is 0. The summed E-state index contributed by atoms with van der Waals surface area (Å²) in [6.07, 6.45) is 1.47. The van der Waals surface area contributed by atoms with Gasteiger partial charge in [-0.1, -0.05) is 0 Å². The Morgan fingerprint density at radius 2 is 2.11 bits per heavy atom. The fourth-order valence-electron chi connectivity index (χ4n) is 1.61. The van der Waals surface area contributed by atoms with E-state index in [0.29, 0.717) is 5.69 Å². The van der Waals surface area contributed by atoms with Gasteiger partial charge >= 0.3 is 5.97 Å². The maximum atomic E-state index is 13.0. The van der Waals surface area contributed by atoms with Crippen molar-refractivity contribution in [2.75, 3.05) is 7.11 Å². The number of nitrogens with zero attached hydrogens (tertiary/aromatic N) is 2. The molecule has 0 N–H and O–H groups in total. The SMILES string of the molecule is COC(=O)c1nccc(-c2ccc(F)cc2C)n1. The molecule has 0 unspecified atom stereocenters. The highest BCUT2D eigenvalue weighted by Crippen LogP contribution is 2.21. The number of carbonyl (C=O) groups is 1. The molecule has 0 radical (unpaired) electrons. The number of aromatic nitrogens is 2. The molecule has 0 atom stereocenters. The highest BCUT2D eigenvalue weighted by Gasteiger charge is 2.11. The minimum absolute atomic E-state index is 0.0151. The van der Waals surface area contributed by atoms with Crippen molar-refractivity contribution in [3.05, 3.63) is 47.7 Å². The van der Waals surface area contributed by atoms with Gasteiger partial charge in [-0.05, 0) is 36.8 Å². The number of aryl methyl sites for hydroxylation is 1. The van der Waals surface area contributed by atoms with E-state index in [1.54, 1.807) is 19.1 Å². The fraction of sp³-hybridized carbons (Fsp3) is 0.154. The van der Waals surface area contributed by atoms with Gasteiger partial charge in [0.15, 0.2) is 0 Å². The van der Waals surface area contributed by atoms with Gasteiger partial charge in [0.2, 0.25) is 5.82 Å². The maximum absolute atomic E-state index is 13.0. The fourth-order valence-corrected chi connectivity index (χ4v) is 1.61. The molecule has 1 heterocycles. The molecular weight excluding hydrogens is 235 g/mol. The monoisotopic (exact) mass is 246 g/mol. The van der Waals surface area contributed by atoms with Crippen LogP contribution in [0.5, 0.6) is 0 Å². The summed E-state index contributed by atoms with van der Waals surface area (Å²) < 4.78 is 17.6. The molecule has 0 aliphatic heterocycles. The molecule has 0 saturated heterocycles. The quantitative estimate of drug-likeness (QED) is 0.763. The van der Waals surface area contributed by atoms with Crippen LogP contribution in [0.3, 0.4) is 0 Å². The lowest BCUT2D eigenvalue weighted by molar-refractivity contribution is 0.0587. The zero-order chi connectivity index (χ0) is 13.1. The lowest BCUT2D eigenvalue weighted by Gasteiger charge is -2.06. The molecule has 4 nitrogen and oxygen atoms in total. The molecule has 2 aromatic rings.